The van der Waals surface area contributed by atoms with Crippen molar-refractivity contribution < 1.29 is 33.2 Å². The Bertz CT molecular complexity index is 738. The predicted molar refractivity (Wildman–Crippen MR) is 252 cm³/mol. The van der Waals surface area contributed by atoms with E-state index in [1.807, 2.05) is 0 Å². The summed E-state index contributed by atoms with van der Waals surface area (Å²) in [5, 5.41) is 0. The van der Waals surface area contributed by atoms with Gasteiger partial charge in [0.2, 0.25) is 0 Å². The molecule has 7 nitrogen and oxygen atoms in total. The molecule has 0 radical (unpaired) electrons. The highest BCUT2D eigenvalue weighted by Crippen LogP contribution is 2.16. The Balaban J connectivity index is 5.04. The fraction of sp³-hybridized carbons (Fsp3) is 0.923. The van der Waals surface area contributed by atoms with E-state index in [0.29, 0.717) is 13.2 Å². The lowest BCUT2D eigenvalue weighted by molar-refractivity contribution is -0.208. The van der Waals surface area contributed by atoms with Crippen molar-refractivity contribution in [3.63, 3.8) is 0 Å². The zero-order valence-electron chi connectivity index (χ0n) is 40.3. The van der Waals surface area contributed by atoms with Gasteiger partial charge in [-0.1, -0.05) is 169 Å². The second-order valence-corrected chi connectivity index (χ2v) is 16.7. The summed E-state index contributed by atoms with van der Waals surface area (Å²) in [6.07, 6.45) is 45.0. The Kier molecular flexibility index (Phi) is 49.2. The highest BCUT2D eigenvalue weighted by molar-refractivity contribution is 4.90. The molecular weight excluding hydrogens is 737 g/mol. The maximum Gasteiger partial charge on any atom is 0.180 e. The number of allylic oxidation sites excluding steroid dienone is 2. The molecule has 0 saturated carbocycles. The number of rotatable bonds is 50. The van der Waals surface area contributed by atoms with E-state index in [-0.39, 0.29) is 12.6 Å². The standard InChI is InChI=1S/C52H102O7/c1-7-13-19-27-35-45-53-49(54-46-36-28-20-14-8-2)39-31-23-25-33-41-51(57-43-17-11-5)59-52(58-44-18-12-6)42-34-26-24-32-40-50(55-47-37-29-21-15-9-3)56-48-38-30-22-16-10-4/h33-34,41-42,49-52H,7-32,35-40,43-48H2,1-6H3. The van der Waals surface area contributed by atoms with Crippen LogP contribution in [-0.4, -0.2) is 64.8 Å². The minimum atomic E-state index is -0.434. The molecule has 0 aliphatic carbocycles. The average Bonchev–Trinajstić information content (AvgIpc) is 3.24. The first-order chi connectivity index (χ1) is 29.1. The normalized spacial score (nSPS) is 13.3. The third-order valence-electron chi connectivity index (χ3n) is 10.7. The molecule has 2 unspecified atom stereocenters. The molecule has 352 valence electrons. The Labute approximate surface area is 368 Å². The van der Waals surface area contributed by atoms with Crippen LogP contribution in [0, 0.1) is 0 Å². The third kappa shape index (κ3) is 43.6. The summed E-state index contributed by atoms with van der Waals surface area (Å²) >= 11 is 0. The second-order valence-electron chi connectivity index (χ2n) is 16.7. The minimum absolute atomic E-state index is 0.0871. The zero-order chi connectivity index (χ0) is 43.0. The van der Waals surface area contributed by atoms with Crippen molar-refractivity contribution in [3.8, 4) is 0 Å². The summed E-state index contributed by atoms with van der Waals surface area (Å²) < 4.78 is 43.9. The van der Waals surface area contributed by atoms with Crippen LogP contribution < -0.4 is 0 Å². The highest BCUT2D eigenvalue weighted by atomic mass is 16.8. The van der Waals surface area contributed by atoms with Gasteiger partial charge in [-0.05, 0) is 102 Å². The average molecular weight is 839 g/mol. The Morgan fingerprint density at radius 2 is 0.576 bits per heavy atom. The van der Waals surface area contributed by atoms with Crippen LogP contribution in [-0.2, 0) is 33.2 Å². The SMILES string of the molecule is CCCCCCCOC(CCCCC=CC(OCCCC)OC(C=CCCCCC(OCCCCCCC)OCCCCCCC)OCCCC)OCCCCCCC. The lowest BCUT2D eigenvalue weighted by Gasteiger charge is -2.21. The van der Waals surface area contributed by atoms with Gasteiger partial charge in [0.25, 0.3) is 0 Å². The lowest BCUT2D eigenvalue weighted by atomic mass is 10.1. The Morgan fingerprint density at radius 1 is 0.288 bits per heavy atom. The quantitative estimate of drug-likeness (QED) is 0.0343. The number of ether oxygens (including phenoxy) is 7. The van der Waals surface area contributed by atoms with Crippen molar-refractivity contribution in [2.75, 3.05) is 39.6 Å². The van der Waals surface area contributed by atoms with Crippen LogP contribution in [0.5, 0.6) is 0 Å². The third-order valence-corrected chi connectivity index (χ3v) is 10.7. The summed E-state index contributed by atoms with van der Waals surface area (Å²) in [5.41, 5.74) is 0. The molecule has 0 N–H and O–H groups in total. The maximum absolute atomic E-state index is 6.45. The van der Waals surface area contributed by atoms with Gasteiger partial charge in [0.05, 0.1) is 13.2 Å². The van der Waals surface area contributed by atoms with E-state index in [9.17, 15) is 0 Å². The van der Waals surface area contributed by atoms with Crippen LogP contribution in [0.15, 0.2) is 24.3 Å². The number of unbranched alkanes of at least 4 members (excludes halogenated alkanes) is 22. The molecule has 0 saturated heterocycles. The first-order valence-corrected chi connectivity index (χ1v) is 25.8. The van der Waals surface area contributed by atoms with Crippen LogP contribution in [0.25, 0.3) is 0 Å². The van der Waals surface area contributed by atoms with Crippen molar-refractivity contribution in [3.05, 3.63) is 24.3 Å². The molecule has 0 aromatic heterocycles. The van der Waals surface area contributed by atoms with Gasteiger partial charge in [-0.25, -0.2) is 0 Å². The summed E-state index contributed by atoms with van der Waals surface area (Å²) in [6.45, 7) is 18.0. The summed E-state index contributed by atoms with van der Waals surface area (Å²) in [6, 6.07) is 0. The number of hydrogen-bond donors (Lipinski definition) is 0. The highest BCUT2D eigenvalue weighted by Gasteiger charge is 2.15. The van der Waals surface area contributed by atoms with Gasteiger partial charge in [0, 0.05) is 26.4 Å². The first kappa shape index (κ1) is 58.2. The fourth-order valence-corrected chi connectivity index (χ4v) is 6.77. The van der Waals surface area contributed by atoms with E-state index in [1.165, 1.54) is 103 Å². The van der Waals surface area contributed by atoms with Gasteiger partial charge in [-0.15, -0.1) is 0 Å². The molecular formula is C52H102O7. The van der Waals surface area contributed by atoms with Crippen molar-refractivity contribution in [1.82, 2.24) is 0 Å². The molecule has 7 heteroatoms. The molecule has 0 heterocycles. The van der Waals surface area contributed by atoms with E-state index in [4.69, 9.17) is 33.2 Å². The molecule has 0 aliphatic rings. The van der Waals surface area contributed by atoms with Gasteiger partial charge in [-0.2, -0.15) is 0 Å². The minimum Gasteiger partial charge on any atom is -0.353 e. The zero-order valence-corrected chi connectivity index (χ0v) is 40.3. The Morgan fingerprint density at radius 3 is 0.881 bits per heavy atom. The number of hydrogen-bond acceptors (Lipinski definition) is 7. The van der Waals surface area contributed by atoms with E-state index in [0.717, 1.165) is 129 Å². The molecule has 0 aromatic rings. The molecule has 0 bridgehead atoms. The smallest absolute Gasteiger partial charge is 0.180 e. The molecule has 0 amide bonds. The molecule has 59 heavy (non-hydrogen) atoms. The van der Waals surface area contributed by atoms with Crippen LogP contribution in [0.3, 0.4) is 0 Å². The van der Waals surface area contributed by atoms with Crippen LogP contribution in [0.1, 0.15) is 247 Å². The second kappa shape index (κ2) is 49.9. The first-order valence-electron chi connectivity index (χ1n) is 25.8. The van der Waals surface area contributed by atoms with E-state index < -0.39 is 12.6 Å². The van der Waals surface area contributed by atoms with Gasteiger partial charge in [0.1, 0.15) is 0 Å². The Hall–Kier alpha value is -0.800. The van der Waals surface area contributed by atoms with Gasteiger partial charge in [-0.3, -0.25) is 0 Å². The summed E-state index contributed by atoms with van der Waals surface area (Å²) in [5.74, 6) is 0. The molecule has 2 atom stereocenters. The monoisotopic (exact) mass is 839 g/mol. The maximum atomic E-state index is 6.45. The summed E-state index contributed by atoms with van der Waals surface area (Å²) in [7, 11) is 0. The van der Waals surface area contributed by atoms with Crippen molar-refractivity contribution >= 4 is 0 Å². The molecule has 0 fully saturated rings. The van der Waals surface area contributed by atoms with E-state index in [2.05, 4.69) is 65.8 Å². The predicted octanol–water partition coefficient (Wildman–Crippen LogP) is 16.1. The molecule has 0 aromatic carbocycles. The van der Waals surface area contributed by atoms with Crippen LogP contribution >= 0.6 is 0 Å². The van der Waals surface area contributed by atoms with Gasteiger partial charge >= 0.3 is 0 Å². The molecule has 0 rings (SSSR count). The van der Waals surface area contributed by atoms with Crippen LogP contribution in [0.4, 0.5) is 0 Å². The largest absolute Gasteiger partial charge is 0.353 e. The summed E-state index contributed by atoms with van der Waals surface area (Å²) in [4.78, 5) is 0. The van der Waals surface area contributed by atoms with Gasteiger partial charge in [0.15, 0.2) is 25.2 Å². The van der Waals surface area contributed by atoms with E-state index >= 15 is 0 Å². The lowest BCUT2D eigenvalue weighted by Crippen LogP contribution is -2.25. The molecule has 0 spiro atoms. The van der Waals surface area contributed by atoms with Crippen molar-refractivity contribution in [1.29, 1.82) is 0 Å². The fourth-order valence-electron chi connectivity index (χ4n) is 6.77. The molecule has 0 aliphatic heterocycles. The van der Waals surface area contributed by atoms with E-state index in [1.54, 1.807) is 0 Å². The van der Waals surface area contributed by atoms with Crippen molar-refractivity contribution in [2.24, 2.45) is 0 Å². The van der Waals surface area contributed by atoms with Gasteiger partial charge < -0.3 is 33.2 Å². The van der Waals surface area contributed by atoms with Crippen LogP contribution in [0.2, 0.25) is 0 Å². The topological polar surface area (TPSA) is 64.6 Å². The van der Waals surface area contributed by atoms with Crippen molar-refractivity contribution in [2.45, 2.75) is 272 Å².